The Labute approximate surface area is 199 Å². The second-order valence-corrected chi connectivity index (χ2v) is 8.19. The first-order valence-electron chi connectivity index (χ1n) is 9.05. The number of rotatable bonds is 7. The van der Waals surface area contributed by atoms with E-state index in [1.807, 2.05) is 0 Å². The fourth-order valence-corrected chi connectivity index (χ4v) is 3.62. The van der Waals surface area contributed by atoms with Crippen LogP contribution in [0.3, 0.4) is 0 Å². The van der Waals surface area contributed by atoms with Gasteiger partial charge in [0.05, 0.1) is 12.2 Å². The fourth-order valence-electron chi connectivity index (χ4n) is 2.73. The summed E-state index contributed by atoms with van der Waals surface area (Å²) in [6.07, 6.45) is 2.70. The molecule has 2 aromatic carbocycles. The maximum absolute atomic E-state index is 12.1. The summed E-state index contributed by atoms with van der Waals surface area (Å²) in [5.41, 5.74) is 2.39. The average Bonchev–Trinajstić information content (AvgIpc) is 2.99. The predicted octanol–water partition coefficient (Wildman–Crippen LogP) is 6.29. The average molecular weight is 498 g/mol. The van der Waals surface area contributed by atoms with E-state index in [0.29, 0.717) is 43.6 Å². The first-order valence-corrected chi connectivity index (χ1v) is 10.6. The molecular weight excluding hydrogens is 482 g/mol. The molecule has 0 N–H and O–H groups in total. The molecule has 0 aliphatic carbocycles. The fraction of sp³-hybridized carbons (Fsp3) is 0.136. The summed E-state index contributed by atoms with van der Waals surface area (Å²) < 4.78 is 6.58. The van der Waals surface area contributed by atoms with Crippen LogP contribution in [0.5, 0.6) is 0 Å². The lowest BCUT2D eigenvalue weighted by Crippen LogP contribution is -2.12. The van der Waals surface area contributed by atoms with Gasteiger partial charge in [-0.15, -0.1) is 0 Å². The summed E-state index contributed by atoms with van der Waals surface area (Å²) in [4.78, 5) is 24.1. The van der Waals surface area contributed by atoms with E-state index in [-0.39, 0.29) is 12.4 Å². The van der Waals surface area contributed by atoms with Gasteiger partial charge in [0.15, 0.2) is 12.4 Å². The summed E-state index contributed by atoms with van der Waals surface area (Å²) in [6.45, 7) is 1.72. The van der Waals surface area contributed by atoms with Crippen LogP contribution in [0.1, 0.15) is 27.2 Å². The number of hydrogen-bond acceptors (Lipinski definition) is 4. The topological polar surface area (TPSA) is 61.2 Å². The van der Waals surface area contributed by atoms with Crippen LogP contribution in [0.4, 0.5) is 0 Å². The standard InChI is InChI=1S/C22H16Cl4N2O3/c1-13-18(22(26)28(27-13)11-15-4-7-17(24)10-19(15)25)8-9-21(30)31-12-20(29)14-2-5-16(23)6-3-14/h2-10H,11-12H2,1H3. The summed E-state index contributed by atoms with van der Waals surface area (Å²) in [6, 6.07) is 11.5. The molecular formula is C22H16Cl4N2O3. The third kappa shape index (κ3) is 6.11. The molecule has 31 heavy (non-hydrogen) atoms. The van der Waals surface area contributed by atoms with Crippen molar-refractivity contribution in [3.63, 3.8) is 0 Å². The summed E-state index contributed by atoms with van der Waals surface area (Å²) in [5, 5.41) is 6.28. The summed E-state index contributed by atoms with van der Waals surface area (Å²) >= 11 is 24.4. The Balaban J connectivity index is 1.64. The zero-order valence-corrected chi connectivity index (χ0v) is 19.3. The van der Waals surface area contributed by atoms with Crippen LogP contribution in [0.2, 0.25) is 20.2 Å². The van der Waals surface area contributed by atoms with Crippen LogP contribution in [-0.2, 0) is 16.1 Å². The minimum absolute atomic E-state index is 0.333. The molecule has 3 aromatic rings. The molecule has 0 aliphatic heterocycles. The van der Waals surface area contributed by atoms with Crippen molar-refractivity contribution < 1.29 is 14.3 Å². The Morgan fingerprint density at radius 3 is 2.39 bits per heavy atom. The summed E-state index contributed by atoms with van der Waals surface area (Å²) in [7, 11) is 0. The number of benzene rings is 2. The number of aromatic nitrogens is 2. The molecule has 3 rings (SSSR count). The van der Waals surface area contributed by atoms with Crippen molar-refractivity contribution in [3.05, 3.63) is 91.1 Å². The SMILES string of the molecule is Cc1nn(Cc2ccc(Cl)cc2Cl)c(Cl)c1C=CC(=O)OCC(=O)c1ccc(Cl)cc1. The Bertz CT molecular complexity index is 1150. The second-order valence-electron chi connectivity index (χ2n) is 6.55. The quantitative estimate of drug-likeness (QED) is 0.218. The molecule has 9 heteroatoms. The number of aryl methyl sites for hydroxylation is 1. The van der Waals surface area contributed by atoms with Crippen LogP contribution in [-0.4, -0.2) is 28.1 Å². The van der Waals surface area contributed by atoms with Gasteiger partial charge in [-0.2, -0.15) is 5.10 Å². The van der Waals surface area contributed by atoms with Crippen LogP contribution < -0.4 is 0 Å². The lowest BCUT2D eigenvalue weighted by atomic mass is 10.1. The first-order chi connectivity index (χ1) is 14.7. The molecule has 160 valence electrons. The van der Waals surface area contributed by atoms with Crippen LogP contribution in [0.15, 0.2) is 48.5 Å². The van der Waals surface area contributed by atoms with E-state index in [0.717, 1.165) is 5.56 Å². The molecule has 0 fully saturated rings. The molecule has 0 unspecified atom stereocenters. The number of esters is 1. The number of ketones is 1. The van der Waals surface area contributed by atoms with Gasteiger partial charge in [-0.05, 0) is 55.0 Å². The lowest BCUT2D eigenvalue weighted by molar-refractivity contribution is -0.136. The van der Waals surface area contributed by atoms with E-state index in [4.69, 9.17) is 51.1 Å². The number of ether oxygens (including phenoxy) is 1. The van der Waals surface area contributed by atoms with Gasteiger partial charge in [0.2, 0.25) is 0 Å². The molecule has 0 amide bonds. The van der Waals surface area contributed by atoms with Crippen molar-refractivity contribution in [2.45, 2.75) is 13.5 Å². The predicted molar refractivity (Wildman–Crippen MR) is 123 cm³/mol. The van der Waals surface area contributed by atoms with Gasteiger partial charge in [0, 0.05) is 32.3 Å². The molecule has 0 radical (unpaired) electrons. The van der Waals surface area contributed by atoms with E-state index in [1.54, 1.807) is 54.1 Å². The van der Waals surface area contributed by atoms with E-state index in [1.165, 1.54) is 12.2 Å². The van der Waals surface area contributed by atoms with Gasteiger partial charge < -0.3 is 4.74 Å². The molecule has 0 aliphatic rings. The monoisotopic (exact) mass is 496 g/mol. The van der Waals surface area contributed by atoms with Crippen molar-refractivity contribution in [2.75, 3.05) is 6.61 Å². The van der Waals surface area contributed by atoms with Crippen molar-refractivity contribution in [1.82, 2.24) is 9.78 Å². The zero-order valence-electron chi connectivity index (χ0n) is 16.2. The molecule has 0 spiro atoms. The van der Waals surface area contributed by atoms with Gasteiger partial charge in [-0.25, -0.2) is 9.48 Å². The molecule has 0 saturated heterocycles. The number of halogens is 4. The van der Waals surface area contributed by atoms with E-state index >= 15 is 0 Å². The molecule has 1 aromatic heterocycles. The molecule has 0 atom stereocenters. The highest BCUT2D eigenvalue weighted by Gasteiger charge is 2.14. The molecule has 0 saturated carbocycles. The van der Waals surface area contributed by atoms with Gasteiger partial charge in [0.1, 0.15) is 5.15 Å². The number of carbonyl (C=O) groups is 2. The van der Waals surface area contributed by atoms with Crippen LogP contribution in [0, 0.1) is 6.92 Å². The molecule has 0 bridgehead atoms. The molecule has 1 heterocycles. The highest BCUT2D eigenvalue weighted by Crippen LogP contribution is 2.26. The van der Waals surface area contributed by atoms with Gasteiger partial charge in [-0.1, -0.05) is 52.5 Å². The Morgan fingerprint density at radius 2 is 1.71 bits per heavy atom. The van der Waals surface area contributed by atoms with Gasteiger partial charge in [0.25, 0.3) is 0 Å². The van der Waals surface area contributed by atoms with E-state index < -0.39 is 5.97 Å². The highest BCUT2D eigenvalue weighted by molar-refractivity contribution is 6.35. The largest absolute Gasteiger partial charge is 0.454 e. The lowest BCUT2D eigenvalue weighted by Gasteiger charge is -2.06. The zero-order chi connectivity index (χ0) is 22.5. The van der Waals surface area contributed by atoms with Crippen molar-refractivity contribution in [1.29, 1.82) is 0 Å². The Kier molecular flexibility index (Phi) is 7.79. The van der Waals surface area contributed by atoms with Crippen molar-refractivity contribution in [3.8, 4) is 0 Å². The van der Waals surface area contributed by atoms with Crippen molar-refractivity contribution >= 4 is 64.2 Å². The number of nitrogens with zero attached hydrogens (tertiary/aromatic N) is 2. The van der Waals surface area contributed by atoms with Crippen LogP contribution in [0.25, 0.3) is 6.08 Å². The molecule has 5 nitrogen and oxygen atoms in total. The third-order valence-corrected chi connectivity index (χ3v) is 5.58. The number of carbonyl (C=O) groups excluding carboxylic acids is 2. The second kappa shape index (κ2) is 10.3. The maximum Gasteiger partial charge on any atom is 0.331 e. The number of hydrogen-bond donors (Lipinski definition) is 0. The van der Waals surface area contributed by atoms with E-state index in [9.17, 15) is 9.59 Å². The number of Topliss-reactive ketones (excluding diaryl/α,β-unsaturated/α-hetero) is 1. The third-order valence-electron chi connectivity index (χ3n) is 4.34. The Hall–Kier alpha value is -2.31. The van der Waals surface area contributed by atoms with Gasteiger partial charge in [-0.3, -0.25) is 4.79 Å². The minimum atomic E-state index is -0.675. The maximum atomic E-state index is 12.1. The van der Waals surface area contributed by atoms with Crippen molar-refractivity contribution in [2.24, 2.45) is 0 Å². The first kappa shape index (κ1) is 23.4. The smallest absolute Gasteiger partial charge is 0.331 e. The van der Waals surface area contributed by atoms with E-state index in [2.05, 4.69) is 5.10 Å². The normalized spacial score (nSPS) is 11.1. The Morgan fingerprint density at radius 1 is 1.03 bits per heavy atom. The summed E-state index contributed by atoms with van der Waals surface area (Å²) in [5.74, 6) is -1.01. The van der Waals surface area contributed by atoms with Crippen LogP contribution >= 0.6 is 46.4 Å². The van der Waals surface area contributed by atoms with Gasteiger partial charge >= 0.3 is 5.97 Å². The minimum Gasteiger partial charge on any atom is -0.454 e. The highest BCUT2D eigenvalue weighted by atomic mass is 35.5.